The summed E-state index contributed by atoms with van der Waals surface area (Å²) in [6.45, 7) is 5.15. The van der Waals surface area contributed by atoms with Gasteiger partial charge in [-0.1, -0.05) is 6.92 Å². The molecule has 1 heterocycles. The summed E-state index contributed by atoms with van der Waals surface area (Å²) in [4.78, 5) is 7.97. The van der Waals surface area contributed by atoms with E-state index in [-0.39, 0.29) is 5.82 Å². The Bertz CT molecular complexity index is 379. The first-order chi connectivity index (χ1) is 9.77. The largest absolute Gasteiger partial charge is 0.382 e. The maximum Gasteiger partial charge on any atom is 0.224 e. The van der Waals surface area contributed by atoms with E-state index in [0.29, 0.717) is 32.3 Å². The van der Waals surface area contributed by atoms with Gasteiger partial charge in [0.1, 0.15) is 0 Å². The van der Waals surface area contributed by atoms with Crippen molar-refractivity contribution in [2.24, 2.45) is 0 Å². The van der Waals surface area contributed by atoms with Gasteiger partial charge in [-0.15, -0.1) is 0 Å². The van der Waals surface area contributed by atoms with Crippen LogP contribution in [0.2, 0.25) is 0 Å². The van der Waals surface area contributed by atoms with Crippen LogP contribution in [0.4, 0.5) is 16.2 Å². The standard InChI is InChI=1S/C13H23FN4O2/c1-3-5-16-13-17-10-11(14)12(18-13)15-6-4-7-20-9-8-19-2/h10H,3-9H2,1-2H3,(H2,15,16,17,18). The monoisotopic (exact) mass is 286 g/mol. The van der Waals surface area contributed by atoms with Crippen LogP contribution in [0, 0.1) is 5.82 Å². The highest BCUT2D eigenvalue weighted by Gasteiger charge is 2.05. The van der Waals surface area contributed by atoms with E-state index >= 15 is 0 Å². The van der Waals surface area contributed by atoms with E-state index in [1.165, 1.54) is 6.20 Å². The van der Waals surface area contributed by atoms with E-state index in [2.05, 4.69) is 20.6 Å². The zero-order chi connectivity index (χ0) is 14.6. The zero-order valence-electron chi connectivity index (χ0n) is 12.1. The minimum absolute atomic E-state index is 0.218. The molecule has 0 spiro atoms. The van der Waals surface area contributed by atoms with Crippen LogP contribution in [0.25, 0.3) is 0 Å². The highest BCUT2D eigenvalue weighted by molar-refractivity contribution is 5.40. The Morgan fingerprint density at radius 2 is 2.05 bits per heavy atom. The minimum atomic E-state index is -0.452. The van der Waals surface area contributed by atoms with Crippen LogP contribution in [0.15, 0.2) is 6.20 Å². The van der Waals surface area contributed by atoms with Crippen LogP contribution in [0.5, 0.6) is 0 Å². The molecule has 7 heteroatoms. The Hall–Kier alpha value is -1.47. The van der Waals surface area contributed by atoms with Gasteiger partial charge >= 0.3 is 0 Å². The van der Waals surface area contributed by atoms with E-state index < -0.39 is 5.82 Å². The Balaban J connectivity index is 2.27. The summed E-state index contributed by atoms with van der Waals surface area (Å²) in [5.74, 6) is 0.204. The van der Waals surface area contributed by atoms with Gasteiger partial charge in [0.05, 0.1) is 19.4 Å². The SMILES string of the molecule is CCCNc1ncc(F)c(NCCCOCCOC)n1. The molecular formula is C13H23FN4O2. The molecule has 1 rings (SSSR count). The molecular weight excluding hydrogens is 263 g/mol. The fourth-order valence-electron chi connectivity index (χ4n) is 1.44. The lowest BCUT2D eigenvalue weighted by Gasteiger charge is -2.09. The first-order valence-electron chi connectivity index (χ1n) is 6.85. The molecule has 0 amide bonds. The predicted molar refractivity (Wildman–Crippen MR) is 76.6 cm³/mol. The van der Waals surface area contributed by atoms with Crippen molar-refractivity contribution in [3.05, 3.63) is 12.0 Å². The molecule has 0 bridgehead atoms. The maximum atomic E-state index is 13.5. The lowest BCUT2D eigenvalue weighted by Crippen LogP contribution is -2.12. The number of nitrogens with one attached hydrogen (secondary N) is 2. The summed E-state index contributed by atoms with van der Waals surface area (Å²) >= 11 is 0. The van der Waals surface area contributed by atoms with E-state index in [1.807, 2.05) is 6.92 Å². The Morgan fingerprint density at radius 3 is 2.80 bits per heavy atom. The van der Waals surface area contributed by atoms with Crippen molar-refractivity contribution in [1.29, 1.82) is 0 Å². The second-order valence-electron chi connectivity index (χ2n) is 4.20. The van der Waals surface area contributed by atoms with Gasteiger partial charge < -0.3 is 20.1 Å². The lowest BCUT2D eigenvalue weighted by molar-refractivity contribution is 0.0705. The number of anilines is 2. The van der Waals surface area contributed by atoms with E-state index in [9.17, 15) is 4.39 Å². The van der Waals surface area contributed by atoms with Crippen molar-refractivity contribution < 1.29 is 13.9 Å². The van der Waals surface area contributed by atoms with Crippen molar-refractivity contribution >= 4 is 11.8 Å². The van der Waals surface area contributed by atoms with Crippen molar-refractivity contribution in [1.82, 2.24) is 9.97 Å². The van der Waals surface area contributed by atoms with Crippen LogP contribution >= 0.6 is 0 Å². The predicted octanol–water partition coefficient (Wildman–Crippen LogP) is 1.90. The van der Waals surface area contributed by atoms with Crippen molar-refractivity contribution in [3.8, 4) is 0 Å². The highest BCUT2D eigenvalue weighted by atomic mass is 19.1. The van der Waals surface area contributed by atoms with E-state index in [0.717, 1.165) is 19.4 Å². The molecule has 0 saturated carbocycles. The summed E-state index contributed by atoms with van der Waals surface area (Å²) in [7, 11) is 1.63. The number of hydrogen-bond donors (Lipinski definition) is 2. The second kappa shape index (κ2) is 10.3. The second-order valence-corrected chi connectivity index (χ2v) is 4.20. The van der Waals surface area contributed by atoms with Gasteiger partial charge in [0, 0.05) is 26.8 Å². The molecule has 0 aliphatic heterocycles. The van der Waals surface area contributed by atoms with E-state index in [1.54, 1.807) is 7.11 Å². The van der Waals surface area contributed by atoms with Gasteiger partial charge in [0.15, 0.2) is 11.6 Å². The molecule has 0 aliphatic carbocycles. The van der Waals surface area contributed by atoms with Crippen LogP contribution in [-0.2, 0) is 9.47 Å². The molecule has 20 heavy (non-hydrogen) atoms. The highest BCUT2D eigenvalue weighted by Crippen LogP contribution is 2.11. The third-order valence-electron chi connectivity index (χ3n) is 2.47. The van der Waals surface area contributed by atoms with Crippen molar-refractivity contribution in [2.45, 2.75) is 19.8 Å². The molecule has 0 unspecified atom stereocenters. The summed E-state index contributed by atoms with van der Waals surface area (Å²) < 4.78 is 23.7. The summed E-state index contributed by atoms with van der Waals surface area (Å²) in [5, 5.41) is 5.96. The van der Waals surface area contributed by atoms with Crippen molar-refractivity contribution in [3.63, 3.8) is 0 Å². The molecule has 114 valence electrons. The van der Waals surface area contributed by atoms with Crippen LogP contribution in [-0.4, -0.2) is 50.0 Å². The fourth-order valence-corrected chi connectivity index (χ4v) is 1.44. The van der Waals surface area contributed by atoms with Crippen molar-refractivity contribution in [2.75, 3.05) is 50.7 Å². The molecule has 1 aromatic heterocycles. The lowest BCUT2D eigenvalue weighted by atomic mass is 10.4. The smallest absolute Gasteiger partial charge is 0.224 e. The van der Waals surface area contributed by atoms with Crippen LogP contribution < -0.4 is 10.6 Å². The molecule has 0 radical (unpaired) electrons. The zero-order valence-corrected chi connectivity index (χ0v) is 12.1. The fraction of sp³-hybridized carbons (Fsp3) is 0.692. The number of aromatic nitrogens is 2. The average Bonchev–Trinajstić information content (AvgIpc) is 2.46. The molecule has 2 N–H and O–H groups in total. The van der Waals surface area contributed by atoms with E-state index in [4.69, 9.17) is 9.47 Å². The summed E-state index contributed by atoms with van der Waals surface area (Å²) in [6, 6.07) is 0. The third-order valence-corrected chi connectivity index (χ3v) is 2.47. The summed E-state index contributed by atoms with van der Waals surface area (Å²) in [6.07, 6.45) is 2.90. The van der Waals surface area contributed by atoms with Gasteiger partial charge in [-0.25, -0.2) is 9.37 Å². The number of ether oxygens (including phenoxy) is 2. The third kappa shape index (κ3) is 6.63. The molecule has 6 nitrogen and oxygen atoms in total. The first kappa shape index (κ1) is 16.6. The number of rotatable bonds is 11. The normalized spacial score (nSPS) is 10.6. The van der Waals surface area contributed by atoms with Gasteiger partial charge in [0.2, 0.25) is 5.95 Å². The molecule has 0 aromatic carbocycles. The molecule has 0 atom stereocenters. The summed E-state index contributed by atoms with van der Waals surface area (Å²) in [5.41, 5.74) is 0. The number of halogens is 1. The number of hydrogen-bond acceptors (Lipinski definition) is 6. The Kier molecular flexibility index (Phi) is 8.57. The molecule has 0 fully saturated rings. The van der Waals surface area contributed by atoms with Gasteiger partial charge in [0.25, 0.3) is 0 Å². The first-order valence-corrected chi connectivity index (χ1v) is 6.85. The molecule has 0 aliphatic rings. The van der Waals surface area contributed by atoms with Crippen LogP contribution in [0.1, 0.15) is 19.8 Å². The number of methoxy groups -OCH3 is 1. The Labute approximate surface area is 119 Å². The maximum absolute atomic E-state index is 13.5. The van der Waals surface area contributed by atoms with Crippen LogP contribution in [0.3, 0.4) is 0 Å². The topological polar surface area (TPSA) is 68.3 Å². The minimum Gasteiger partial charge on any atom is -0.382 e. The Morgan fingerprint density at radius 1 is 1.20 bits per heavy atom. The number of nitrogens with zero attached hydrogens (tertiary/aromatic N) is 2. The quantitative estimate of drug-likeness (QED) is 0.606. The molecule has 1 aromatic rings. The van der Waals surface area contributed by atoms with Gasteiger partial charge in [-0.3, -0.25) is 0 Å². The van der Waals surface area contributed by atoms with Gasteiger partial charge in [-0.2, -0.15) is 4.98 Å². The molecule has 0 saturated heterocycles. The van der Waals surface area contributed by atoms with Gasteiger partial charge in [-0.05, 0) is 12.8 Å². The average molecular weight is 286 g/mol.